The predicted molar refractivity (Wildman–Crippen MR) is 118 cm³/mol. The fraction of sp³-hybridized carbons (Fsp3) is 0. The highest BCUT2D eigenvalue weighted by Crippen LogP contribution is 2.36. The van der Waals surface area contributed by atoms with Crippen LogP contribution in [-0.4, -0.2) is 20.5 Å². The molecule has 0 aromatic heterocycles. The smallest absolute Gasteiger partial charge is 0.339 e. The first kappa shape index (κ1) is 21.2. The maximum Gasteiger partial charge on any atom is 0.339 e. The quantitative estimate of drug-likeness (QED) is 0.279. The summed E-state index contributed by atoms with van der Waals surface area (Å²) in [6, 6.07) is 19.8. The van der Waals surface area contributed by atoms with Gasteiger partial charge in [-0.25, -0.2) is 5.43 Å². The van der Waals surface area contributed by atoms with Crippen molar-refractivity contribution in [2.75, 3.05) is 0 Å². The summed E-state index contributed by atoms with van der Waals surface area (Å²) < 4.78 is 30.9. The Morgan fingerprint density at radius 2 is 1.48 bits per heavy atom. The van der Waals surface area contributed by atoms with Crippen molar-refractivity contribution in [2.24, 2.45) is 5.10 Å². The third kappa shape index (κ3) is 5.53. The summed E-state index contributed by atoms with van der Waals surface area (Å²) in [6.07, 6.45) is 1.44. The summed E-state index contributed by atoms with van der Waals surface area (Å²) in [4.78, 5) is 12.0. The Kier molecular flexibility index (Phi) is 6.83. The Morgan fingerprint density at radius 3 is 2.07 bits per heavy atom. The van der Waals surface area contributed by atoms with Crippen LogP contribution in [0.3, 0.4) is 0 Å². The van der Waals surface area contributed by atoms with Crippen LogP contribution in [0, 0.1) is 0 Å². The summed E-state index contributed by atoms with van der Waals surface area (Å²) in [5.74, 6) is -0.229. The highest BCUT2D eigenvalue weighted by molar-refractivity contribution is 9.11. The monoisotopic (exact) mass is 536 g/mol. The Hall–Kier alpha value is -2.49. The molecule has 6 nitrogen and oxygen atoms in total. The van der Waals surface area contributed by atoms with E-state index >= 15 is 0 Å². The SMILES string of the molecule is O=C(N/N=C\c1cc(Br)c(OS(=O)(=O)c2ccccc2)c(Br)c1)c1ccccc1. The molecule has 0 aliphatic rings. The van der Waals surface area contributed by atoms with Crippen LogP contribution in [0.25, 0.3) is 0 Å². The fourth-order valence-electron chi connectivity index (χ4n) is 2.30. The third-order valence-corrected chi connectivity index (χ3v) is 6.07. The maximum absolute atomic E-state index is 12.4. The Labute approximate surface area is 185 Å². The number of hydrogen-bond donors (Lipinski definition) is 1. The van der Waals surface area contributed by atoms with Crippen molar-refractivity contribution < 1.29 is 17.4 Å². The van der Waals surface area contributed by atoms with E-state index in [2.05, 4.69) is 42.4 Å². The molecule has 1 N–H and O–H groups in total. The molecule has 0 radical (unpaired) electrons. The Bertz CT molecular complexity index is 1130. The van der Waals surface area contributed by atoms with E-state index in [1.165, 1.54) is 18.3 Å². The number of nitrogens with one attached hydrogen (secondary N) is 1. The second kappa shape index (κ2) is 9.34. The minimum atomic E-state index is -3.98. The van der Waals surface area contributed by atoms with E-state index in [0.29, 0.717) is 20.1 Å². The minimum Gasteiger partial charge on any atom is -0.377 e. The molecule has 3 rings (SSSR count). The first-order chi connectivity index (χ1) is 13.9. The molecule has 0 aliphatic heterocycles. The molecule has 9 heteroatoms. The van der Waals surface area contributed by atoms with Gasteiger partial charge in [0.15, 0.2) is 5.75 Å². The molecule has 3 aromatic rings. The second-order valence-electron chi connectivity index (χ2n) is 5.73. The summed E-state index contributed by atoms with van der Waals surface area (Å²) in [5, 5.41) is 3.93. The van der Waals surface area contributed by atoms with Gasteiger partial charge in [-0.1, -0.05) is 36.4 Å². The molecule has 0 bridgehead atoms. The molecule has 0 atom stereocenters. The Morgan fingerprint density at radius 1 is 0.931 bits per heavy atom. The van der Waals surface area contributed by atoms with Crippen LogP contribution in [0.1, 0.15) is 15.9 Å². The van der Waals surface area contributed by atoms with Gasteiger partial charge in [0, 0.05) is 5.56 Å². The molecule has 0 unspecified atom stereocenters. The summed E-state index contributed by atoms with van der Waals surface area (Å²) >= 11 is 6.62. The van der Waals surface area contributed by atoms with Gasteiger partial charge >= 0.3 is 10.1 Å². The van der Waals surface area contributed by atoms with Crippen LogP contribution in [0.5, 0.6) is 5.75 Å². The topological polar surface area (TPSA) is 84.8 Å². The van der Waals surface area contributed by atoms with Gasteiger partial charge in [-0.2, -0.15) is 13.5 Å². The molecular weight excluding hydrogens is 524 g/mol. The van der Waals surface area contributed by atoms with Crippen LogP contribution in [0.4, 0.5) is 0 Å². The number of hydrazone groups is 1. The fourth-order valence-corrected chi connectivity index (χ4v) is 4.88. The number of carbonyl (C=O) groups is 1. The number of benzene rings is 3. The van der Waals surface area contributed by atoms with Gasteiger partial charge in [0.1, 0.15) is 4.90 Å². The van der Waals surface area contributed by atoms with Crippen LogP contribution >= 0.6 is 31.9 Å². The van der Waals surface area contributed by atoms with Crippen molar-refractivity contribution in [1.29, 1.82) is 0 Å². The molecule has 0 fully saturated rings. The molecule has 3 aromatic carbocycles. The van der Waals surface area contributed by atoms with Gasteiger partial charge in [-0.15, -0.1) is 0 Å². The molecule has 1 amide bonds. The van der Waals surface area contributed by atoms with Crippen LogP contribution in [0.15, 0.2) is 91.7 Å². The van der Waals surface area contributed by atoms with Crippen molar-refractivity contribution in [1.82, 2.24) is 5.43 Å². The molecule has 0 saturated heterocycles. The Balaban J connectivity index is 1.75. The van der Waals surface area contributed by atoms with Gasteiger partial charge in [-0.3, -0.25) is 4.79 Å². The first-order valence-electron chi connectivity index (χ1n) is 8.24. The van der Waals surface area contributed by atoms with E-state index in [1.807, 2.05) is 6.07 Å². The lowest BCUT2D eigenvalue weighted by Crippen LogP contribution is -2.17. The van der Waals surface area contributed by atoms with Gasteiger partial charge < -0.3 is 4.18 Å². The first-order valence-corrected chi connectivity index (χ1v) is 11.2. The number of halogens is 2. The van der Waals surface area contributed by atoms with E-state index in [-0.39, 0.29) is 16.6 Å². The zero-order valence-corrected chi connectivity index (χ0v) is 18.7. The number of hydrogen-bond acceptors (Lipinski definition) is 5. The molecule has 148 valence electrons. The molecule has 0 aliphatic carbocycles. The van der Waals surface area contributed by atoms with Crippen molar-refractivity contribution in [3.63, 3.8) is 0 Å². The molecule has 0 saturated carbocycles. The van der Waals surface area contributed by atoms with E-state index in [1.54, 1.807) is 54.6 Å². The van der Waals surface area contributed by atoms with Gasteiger partial charge in [-0.05, 0) is 73.8 Å². The van der Waals surface area contributed by atoms with Crippen LogP contribution in [-0.2, 0) is 10.1 Å². The van der Waals surface area contributed by atoms with Crippen LogP contribution in [0.2, 0.25) is 0 Å². The van der Waals surface area contributed by atoms with E-state index in [0.717, 1.165) is 0 Å². The molecule has 0 heterocycles. The third-order valence-electron chi connectivity index (χ3n) is 3.66. The van der Waals surface area contributed by atoms with Crippen LogP contribution < -0.4 is 9.61 Å². The zero-order valence-electron chi connectivity index (χ0n) is 14.7. The summed E-state index contributed by atoms with van der Waals surface area (Å²) in [5.41, 5.74) is 3.53. The average molecular weight is 538 g/mol. The number of carbonyl (C=O) groups excluding carboxylic acids is 1. The number of nitrogens with zero attached hydrogens (tertiary/aromatic N) is 1. The van der Waals surface area contributed by atoms with Crippen molar-refractivity contribution in [2.45, 2.75) is 4.90 Å². The summed E-state index contributed by atoms with van der Waals surface area (Å²) in [6.45, 7) is 0. The standard InChI is InChI=1S/C20H14Br2N2O4S/c21-17-11-14(13-23-24-20(25)15-7-3-1-4-8-15)12-18(22)19(17)28-29(26,27)16-9-5-2-6-10-16/h1-13H,(H,24,25)/b23-13-. The van der Waals surface area contributed by atoms with Gasteiger partial charge in [0.05, 0.1) is 15.2 Å². The maximum atomic E-state index is 12.4. The van der Waals surface area contributed by atoms with Crippen molar-refractivity contribution in [3.8, 4) is 5.75 Å². The zero-order chi connectivity index (χ0) is 20.9. The second-order valence-corrected chi connectivity index (χ2v) is 8.98. The van der Waals surface area contributed by atoms with Crippen molar-refractivity contribution >= 4 is 54.1 Å². The van der Waals surface area contributed by atoms with Gasteiger partial charge in [0.2, 0.25) is 0 Å². The lowest BCUT2D eigenvalue weighted by Gasteiger charge is -2.11. The summed E-state index contributed by atoms with van der Waals surface area (Å²) in [7, 11) is -3.98. The average Bonchev–Trinajstić information content (AvgIpc) is 2.72. The number of rotatable bonds is 6. The highest BCUT2D eigenvalue weighted by Gasteiger charge is 2.20. The molecule has 29 heavy (non-hydrogen) atoms. The molecular formula is C20H14Br2N2O4S. The minimum absolute atomic E-state index is 0.0491. The highest BCUT2D eigenvalue weighted by atomic mass is 79.9. The van der Waals surface area contributed by atoms with Crippen molar-refractivity contribution in [3.05, 3.63) is 92.9 Å². The van der Waals surface area contributed by atoms with E-state index in [4.69, 9.17) is 4.18 Å². The largest absolute Gasteiger partial charge is 0.377 e. The molecule has 0 spiro atoms. The number of amides is 1. The lowest BCUT2D eigenvalue weighted by molar-refractivity contribution is 0.0955. The predicted octanol–water partition coefficient (Wildman–Crippen LogP) is 4.74. The van der Waals surface area contributed by atoms with Gasteiger partial charge in [0.25, 0.3) is 5.91 Å². The lowest BCUT2D eigenvalue weighted by atomic mass is 10.2. The van der Waals surface area contributed by atoms with E-state index < -0.39 is 10.1 Å². The van der Waals surface area contributed by atoms with E-state index in [9.17, 15) is 13.2 Å². The normalized spacial score (nSPS) is 11.4.